The van der Waals surface area contributed by atoms with E-state index >= 15 is 0 Å². The van der Waals surface area contributed by atoms with E-state index in [0.29, 0.717) is 17.9 Å². The van der Waals surface area contributed by atoms with Gasteiger partial charge in [0.1, 0.15) is 5.78 Å². The molecule has 2 nitrogen and oxygen atoms in total. The number of fused-ring (bicyclic) bond motifs is 2. The Morgan fingerprint density at radius 1 is 1.33 bits per heavy atom. The summed E-state index contributed by atoms with van der Waals surface area (Å²) in [7, 11) is 0. The summed E-state index contributed by atoms with van der Waals surface area (Å²) in [5.74, 6) is 0.536. The van der Waals surface area contributed by atoms with Gasteiger partial charge in [-0.25, -0.2) is 0 Å². The molecule has 0 saturated heterocycles. The third kappa shape index (κ3) is 1.49. The number of ketones is 1. The van der Waals surface area contributed by atoms with Crippen molar-refractivity contribution in [3.05, 3.63) is 36.0 Å². The molecule has 1 aliphatic heterocycles. The first-order valence-electron chi connectivity index (χ1n) is 5.70. The van der Waals surface area contributed by atoms with Crippen molar-refractivity contribution in [1.29, 1.82) is 0 Å². The zero-order valence-electron chi connectivity index (χ0n) is 8.65. The molecular weight excluding hydrogens is 186 g/mol. The second-order valence-electron chi connectivity index (χ2n) is 4.55. The van der Waals surface area contributed by atoms with Gasteiger partial charge in [0.05, 0.1) is 12.0 Å². The monoisotopic (exact) mass is 201 g/mol. The lowest BCUT2D eigenvalue weighted by molar-refractivity contribution is -0.124. The van der Waals surface area contributed by atoms with E-state index in [9.17, 15) is 4.79 Å². The third-order valence-electron chi connectivity index (χ3n) is 3.57. The van der Waals surface area contributed by atoms with Gasteiger partial charge in [-0.1, -0.05) is 30.4 Å². The molecule has 0 radical (unpaired) electrons. The number of allylic oxidation sites excluding steroid dienone is 2. The zero-order valence-corrected chi connectivity index (χ0v) is 8.65. The summed E-state index contributed by atoms with van der Waals surface area (Å²) in [6.45, 7) is 0. The highest BCUT2D eigenvalue weighted by Gasteiger charge is 2.35. The Kier molecular flexibility index (Phi) is 2.10. The summed E-state index contributed by atoms with van der Waals surface area (Å²) in [5.41, 5.74) is 1.26. The maximum absolute atomic E-state index is 11.8. The Morgan fingerprint density at radius 3 is 3.20 bits per heavy atom. The van der Waals surface area contributed by atoms with Crippen molar-refractivity contribution >= 4 is 5.78 Å². The molecule has 0 spiro atoms. The van der Waals surface area contributed by atoms with Gasteiger partial charge in [-0.15, -0.1) is 0 Å². The summed E-state index contributed by atoms with van der Waals surface area (Å²) < 4.78 is 0. The Balaban J connectivity index is 1.94. The first kappa shape index (κ1) is 9.10. The van der Waals surface area contributed by atoms with Crippen LogP contribution in [-0.2, 0) is 4.79 Å². The van der Waals surface area contributed by atoms with Crippen LogP contribution in [0.25, 0.3) is 0 Å². The minimum atomic E-state index is 0.126. The number of nitrogens with one attached hydrogen (secondary N) is 1. The zero-order chi connectivity index (χ0) is 10.3. The fourth-order valence-corrected chi connectivity index (χ4v) is 2.77. The molecule has 2 heteroatoms. The van der Waals surface area contributed by atoms with E-state index < -0.39 is 0 Å². The molecule has 1 saturated carbocycles. The van der Waals surface area contributed by atoms with Gasteiger partial charge in [-0.2, -0.15) is 0 Å². The largest absolute Gasteiger partial charge is 0.303 e. The predicted molar refractivity (Wildman–Crippen MR) is 59.4 cm³/mol. The van der Waals surface area contributed by atoms with Crippen LogP contribution in [0.2, 0.25) is 0 Å². The molecular formula is C13H15NO. The van der Waals surface area contributed by atoms with Crippen molar-refractivity contribution < 1.29 is 4.79 Å². The van der Waals surface area contributed by atoms with Crippen molar-refractivity contribution in [1.82, 2.24) is 5.32 Å². The molecule has 0 aromatic heterocycles. The molecule has 0 aromatic rings. The van der Waals surface area contributed by atoms with E-state index in [-0.39, 0.29) is 5.92 Å². The lowest BCUT2D eigenvalue weighted by Gasteiger charge is -2.37. The van der Waals surface area contributed by atoms with E-state index in [1.165, 1.54) is 5.57 Å². The lowest BCUT2D eigenvalue weighted by Crippen LogP contribution is -2.50. The summed E-state index contributed by atoms with van der Waals surface area (Å²) in [6.07, 6.45) is 13.5. The molecule has 3 rings (SSSR count). The van der Waals surface area contributed by atoms with Crippen molar-refractivity contribution in [2.24, 2.45) is 5.92 Å². The molecule has 0 aromatic carbocycles. The maximum atomic E-state index is 11.8. The topological polar surface area (TPSA) is 29.1 Å². The van der Waals surface area contributed by atoms with E-state index in [4.69, 9.17) is 0 Å². The normalized spacial score (nSPS) is 38.3. The quantitative estimate of drug-likeness (QED) is 0.647. The number of hydrogen-bond donors (Lipinski definition) is 1. The first-order chi connectivity index (χ1) is 7.34. The summed E-state index contributed by atoms with van der Waals surface area (Å²) in [6, 6.07) is 0.707. The molecule has 0 amide bonds. The van der Waals surface area contributed by atoms with Crippen molar-refractivity contribution in [3.63, 3.8) is 0 Å². The Bertz CT molecular complexity index is 378. The van der Waals surface area contributed by atoms with Crippen LogP contribution in [-0.4, -0.2) is 17.9 Å². The molecule has 1 heterocycles. The highest BCUT2D eigenvalue weighted by molar-refractivity contribution is 5.84. The number of Topliss-reactive ketones (excluding diaryl/α,β-unsaturated/α-hetero) is 1. The van der Waals surface area contributed by atoms with Crippen molar-refractivity contribution in [3.8, 4) is 0 Å². The molecule has 3 unspecified atom stereocenters. The number of carbonyl (C=O) groups is 1. The summed E-state index contributed by atoms with van der Waals surface area (Å²) in [4.78, 5) is 11.8. The van der Waals surface area contributed by atoms with Gasteiger partial charge >= 0.3 is 0 Å². The van der Waals surface area contributed by atoms with Gasteiger partial charge in [0, 0.05) is 12.5 Å². The lowest BCUT2D eigenvalue weighted by atomic mass is 9.78. The molecule has 0 bridgehead atoms. The molecule has 1 fully saturated rings. The first-order valence-corrected chi connectivity index (χ1v) is 5.70. The number of carbonyl (C=O) groups excluding carboxylic acids is 1. The Hall–Kier alpha value is -1.15. The minimum absolute atomic E-state index is 0.126. The molecule has 78 valence electrons. The van der Waals surface area contributed by atoms with Gasteiger partial charge in [0.25, 0.3) is 0 Å². The molecule has 3 aliphatic rings. The van der Waals surface area contributed by atoms with Crippen LogP contribution in [0.4, 0.5) is 0 Å². The van der Waals surface area contributed by atoms with Gasteiger partial charge in [-0.3, -0.25) is 4.79 Å². The van der Waals surface area contributed by atoms with E-state index in [2.05, 4.69) is 29.6 Å². The van der Waals surface area contributed by atoms with Gasteiger partial charge < -0.3 is 5.32 Å². The summed E-state index contributed by atoms with van der Waals surface area (Å²) in [5, 5.41) is 3.56. The fraction of sp³-hybridized carbons (Fsp3) is 0.462. The minimum Gasteiger partial charge on any atom is -0.303 e. The van der Waals surface area contributed by atoms with Gasteiger partial charge in [0.15, 0.2) is 0 Å². The second kappa shape index (κ2) is 3.46. The van der Waals surface area contributed by atoms with Crippen LogP contribution in [0.5, 0.6) is 0 Å². The molecule has 15 heavy (non-hydrogen) atoms. The number of hydrogen-bond acceptors (Lipinski definition) is 2. The molecule has 3 atom stereocenters. The second-order valence-corrected chi connectivity index (χ2v) is 4.55. The van der Waals surface area contributed by atoms with Crippen LogP contribution >= 0.6 is 0 Å². The van der Waals surface area contributed by atoms with Crippen LogP contribution in [0.3, 0.4) is 0 Å². The van der Waals surface area contributed by atoms with Crippen molar-refractivity contribution in [2.75, 3.05) is 0 Å². The predicted octanol–water partition coefficient (Wildman–Crippen LogP) is 1.75. The fourth-order valence-electron chi connectivity index (χ4n) is 2.77. The van der Waals surface area contributed by atoms with E-state index in [1.807, 2.05) is 6.08 Å². The molecule has 2 aliphatic carbocycles. The highest BCUT2D eigenvalue weighted by atomic mass is 16.1. The van der Waals surface area contributed by atoms with Gasteiger partial charge in [-0.05, 0) is 18.4 Å². The summed E-state index contributed by atoms with van der Waals surface area (Å²) >= 11 is 0. The average Bonchev–Trinajstić information content (AvgIpc) is 2.27. The highest BCUT2D eigenvalue weighted by Crippen LogP contribution is 2.30. The van der Waals surface area contributed by atoms with Gasteiger partial charge in [0.2, 0.25) is 0 Å². The maximum Gasteiger partial charge on any atom is 0.141 e. The molecule has 1 N–H and O–H groups in total. The smallest absolute Gasteiger partial charge is 0.141 e. The SMILES string of the molecule is O=C1CCCC2NC3C=CC=CC3=CC12. The standard InChI is InChI=1S/C13H15NO/c15-13-7-3-6-12-10(13)8-9-4-1-2-5-11(9)14-12/h1-2,4-5,8,10-12,14H,3,6-7H2. The Morgan fingerprint density at radius 2 is 2.27 bits per heavy atom. The Labute approximate surface area is 89.7 Å². The number of rotatable bonds is 0. The van der Waals surface area contributed by atoms with Crippen LogP contribution in [0, 0.1) is 5.92 Å². The van der Waals surface area contributed by atoms with Crippen LogP contribution in [0.1, 0.15) is 19.3 Å². The third-order valence-corrected chi connectivity index (χ3v) is 3.57. The van der Waals surface area contributed by atoms with E-state index in [0.717, 1.165) is 19.3 Å². The van der Waals surface area contributed by atoms with Crippen LogP contribution < -0.4 is 5.32 Å². The average molecular weight is 201 g/mol. The van der Waals surface area contributed by atoms with Crippen LogP contribution in [0.15, 0.2) is 36.0 Å². The van der Waals surface area contributed by atoms with Crippen molar-refractivity contribution in [2.45, 2.75) is 31.3 Å². The van der Waals surface area contributed by atoms with E-state index in [1.54, 1.807) is 0 Å².